The van der Waals surface area contributed by atoms with Crippen LogP contribution in [0.5, 0.6) is 0 Å². The van der Waals surface area contributed by atoms with Gasteiger partial charge in [-0.15, -0.1) is 0 Å². The summed E-state index contributed by atoms with van der Waals surface area (Å²) in [6, 6.07) is 9.50. The Labute approximate surface area is 120 Å². The molecule has 0 aromatic heterocycles. The zero-order chi connectivity index (χ0) is 14.6. The van der Waals surface area contributed by atoms with Crippen LogP contribution in [-0.2, 0) is 15.1 Å². The summed E-state index contributed by atoms with van der Waals surface area (Å²) in [4.78, 5) is 14.3. The molecule has 0 unspecified atom stereocenters. The topological polar surface area (TPSA) is 49.8 Å². The minimum Gasteiger partial charge on any atom is -0.385 e. The normalized spacial score (nSPS) is 22.9. The van der Waals surface area contributed by atoms with Gasteiger partial charge in [0.25, 0.3) is 0 Å². The largest absolute Gasteiger partial charge is 0.385 e. The predicted octanol–water partition coefficient (Wildman–Crippen LogP) is 1.92. The Balaban J connectivity index is 2.06. The van der Waals surface area contributed by atoms with Gasteiger partial charge in [-0.05, 0) is 25.8 Å². The van der Waals surface area contributed by atoms with Gasteiger partial charge in [0.15, 0.2) is 0 Å². The lowest BCUT2D eigenvalue weighted by Crippen LogP contribution is -2.42. The van der Waals surface area contributed by atoms with Crippen molar-refractivity contribution in [1.82, 2.24) is 4.90 Å². The minimum atomic E-state index is -1.13. The van der Waals surface area contributed by atoms with Crippen LogP contribution in [0.15, 0.2) is 30.3 Å². The first-order valence-corrected chi connectivity index (χ1v) is 7.16. The predicted molar refractivity (Wildman–Crippen MR) is 77.2 cm³/mol. The SMILES string of the molecule is C[C@H]1CCOCCN1C(=O)C[C@@](C)(O)c1ccccc1. The molecular weight excluding hydrogens is 254 g/mol. The van der Waals surface area contributed by atoms with Gasteiger partial charge in [0.2, 0.25) is 5.91 Å². The molecule has 1 fully saturated rings. The average Bonchev–Trinajstić information content (AvgIpc) is 2.64. The third kappa shape index (κ3) is 3.58. The quantitative estimate of drug-likeness (QED) is 0.918. The molecular formula is C16H23NO3. The highest BCUT2D eigenvalue weighted by atomic mass is 16.5. The summed E-state index contributed by atoms with van der Waals surface area (Å²) >= 11 is 0. The molecule has 0 saturated carbocycles. The number of carbonyl (C=O) groups is 1. The van der Waals surface area contributed by atoms with Crippen LogP contribution in [0, 0.1) is 0 Å². The molecule has 0 bridgehead atoms. The second kappa shape index (κ2) is 6.37. The van der Waals surface area contributed by atoms with E-state index in [1.165, 1.54) is 0 Å². The van der Waals surface area contributed by atoms with Crippen LogP contribution < -0.4 is 0 Å². The van der Waals surface area contributed by atoms with E-state index in [2.05, 4.69) is 0 Å². The first-order valence-electron chi connectivity index (χ1n) is 7.16. The van der Waals surface area contributed by atoms with Crippen molar-refractivity contribution in [1.29, 1.82) is 0 Å². The molecule has 1 N–H and O–H groups in total. The van der Waals surface area contributed by atoms with Gasteiger partial charge in [0.1, 0.15) is 0 Å². The summed E-state index contributed by atoms with van der Waals surface area (Å²) in [6.07, 6.45) is 0.945. The van der Waals surface area contributed by atoms with Gasteiger partial charge in [-0.3, -0.25) is 4.79 Å². The van der Waals surface area contributed by atoms with Crippen molar-refractivity contribution >= 4 is 5.91 Å². The average molecular weight is 277 g/mol. The van der Waals surface area contributed by atoms with Gasteiger partial charge in [-0.2, -0.15) is 0 Å². The van der Waals surface area contributed by atoms with Gasteiger partial charge >= 0.3 is 0 Å². The van der Waals surface area contributed by atoms with E-state index in [4.69, 9.17) is 4.74 Å². The monoisotopic (exact) mass is 277 g/mol. The second-order valence-corrected chi connectivity index (χ2v) is 5.65. The van der Waals surface area contributed by atoms with Gasteiger partial charge in [-0.1, -0.05) is 30.3 Å². The van der Waals surface area contributed by atoms with E-state index in [1.54, 1.807) is 6.92 Å². The Morgan fingerprint density at radius 1 is 1.40 bits per heavy atom. The zero-order valence-corrected chi connectivity index (χ0v) is 12.2. The number of benzene rings is 1. The van der Waals surface area contributed by atoms with Crippen LogP contribution in [0.1, 0.15) is 32.3 Å². The highest BCUT2D eigenvalue weighted by Gasteiger charge is 2.31. The molecule has 0 spiro atoms. The summed E-state index contributed by atoms with van der Waals surface area (Å²) in [5.74, 6) is -0.0168. The maximum atomic E-state index is 12.5. The standard InChI is InChI=1S/C16H23NO3/c1-13-8-10-20-11-9-17(13)15(18)12-16(2,19)14-6-4-3-5-7-14/h3-7,13,19H,8-12H2,1-2H3/t13-,16+/m0/s1. The van der Waals surface area contributed by atoms with E-state index in [0.717, 1.165) is 12.0 Å². The number of amides is 1. The Kier molecular flexibility index (Phi) is 4.78. The summed E-state index contributed by atoms with van der Waals surface area (Å²) in [6.45, 7) is 5.59. The van der Waals surface area contributed by atoms with E-state index in [-0.39, 0.29) is 18.4 Å². The molecule has 4 heteroatoms. The third-order valence-electron chi connectivity index (χ3n) is 3.90. The van der Waals surface area contributed by atoms with E-state index >= 15 is 0 Å². The molecule has 1 aromatic rings. The number of ether oxygens (including phenoxy) is 1. The smallest absolute Gasteiger partial charge is 0.226 e. The fraction of sp³-hybridized carbons (Fsp3) is 0.562. The van der Waals surface area contributed by atoms with Crippen LogP contribution in [-0.4, -0.2) is 41.7 Å². The van der Waals surface area contributed by atoms with Gasteiger partial charge in [0, 0.05) is 19.2 Å². The van der Waals surface area contributed by atoms with Crippen molar-refractivity contribution in [2.45, 2.75) is 38.3 Å². The Morgan fingerprint density at radius 3 is 2.80 bits per heavy atom. The van der Waals surface area contributed by atoms with E-state index in [0.29, 0.717) is 19.8 Å². The van der Waals surface area contributed by atoms with Crippen molar-refractivity contribution in [3.05, 3.63) is 35.9 Å². The van der Waals surface area contributed by atoms with E-state index in [1.807, 2.05) is 42.2 Å². The summed E-state index contributed by atoms with van der Waals surface area (Å²) in [7, 11) is 0. The van der Waals surface area contributed by atoms with Crippen LogP contribution in [0.3, 0.4) is 0 Å². The Morgan fingerprint density at radius 2 is 2.10 bits per heavy atom. The molecule has 0 radical (unpaired) electrons. The van der Waals surface area contributed by atoms with Gasteiger partial charge in [0.05, 0.1) is 18.6 Å². The van der Waals surface area contributed by atoms with Crippen molar-refractivity contribution in [2.75, 3.05) is 19.8 Å². The number of rotatable bonds is 3. The maximum absolute atomic E-state index is 12.5. The molecule has 110 valence electrons. The van der Waals surface area contributed by atoms with Crippen LogP contribution >= 0.6 is 0 Å². The van der Waals surface area contributed by atoms with Crippen molar-refractivity contribution in [3.63, 3.8) is 0 Å². The highest BCUT2D eigenvalue weighted by molar-refractivity contribution is 5.77. The number of nitrogens with zero attached hydrogens (tertiary/aromatic N) is 1. The van der Waals surface area contributed by atoms with Gasteiger partial charge < -0.3 is 14.7 Å². The Hall–Kier alpha value is -1.39. The molecule has 1 amide bonds. The minimum absolute atomic E-state index is 0.0168. The lowest BCUT2D eigenvalue weighted by molar-refractivity contribution is -0.138. The molecule has 1 saturated heterocycles. The highest BCUT2D eigenvalue weighted by Crippen LogP contribution is 2.26. The summed E-state index contributed by atoms with van der Waals surface area (Å²) in [5.41, 5.74) is -0.363. The maximum Gasteiger partial charge on any atom is 0.226 e. The molecule has 2 rings (SSSR count). The molecule has 2 atom stereocenters. The number of hydrogen-bond acceptors (Lipinski definition) is 3. The second-order valence-electron chi connectivity index (χ2n) is 5.65. The molecule has 4 nitrogen and oxygen atoms in total. The van der Waals surface area contributed by atoms with Crippen LogP contribution in [0.25, 0.3) is 0 Å². The fourth-order valence-corrected chi connectivity index (χ4v) is 2.56. The lowest BCUT2D eigenvalue weighted by atomic mass is 9.92. The van der Waals surface area contributed by atoms with Crippen molar-refractivity contribution in [2.24, 2.45) is 0 Å². The van der Waals surface area contributed by atoms with Crippen molar-refractivity contribution in [3.8, 4) is 0 Å². The molecule has 1 aromatic carbocycles. The molecule has 1 heterocycles. The van der Waals surface area contributed by atoms with E-state index in [9.17, 15) is 9.90 Å². The van der Waals surface area contributed by atoms with Crippen LogP contribution in [0.2, 0.25) is 0 Å². The third-order valence-corrected chi connectivity index (χ3v) is 3.90. The number of carbonyl (C=O) groups excluding carboxylic acids is 1. The Bertz CT molecular complexity index is 444. The van der Waals surface area contributed by atoms with E-state index < -0.39 is 5.60 Å². The number of aliphatic hydroxyl groups is 1. The fourth-order valence-electron chi connectivity index (χ4n) is 2.56. The lowest BCUT2D eigenvalue weighted by Gasteiger charge is -2.31. The number of hydrogen-bond donors (Lipinski definition) is 1. The molecule has 20 heavy (non-hydrogen) atoms. The summed E-state index contributed by atoms with van der Waals surface area (Å²) in [5, 5.41) is 10.6. The zero-order valence-electron chi connectivity index (χ0n) is 12.2. The molecule has 1 aliphatic rings. The first-order chi connectivity index (χ1) is 9.50. The van der Waals surface area contributed by atoms with Gasteiger partial charge in [-0.25, -0.2) is 0 Å². The first kappa shape index (κ1) is 15.0. The van der Waals surface area contributed by atoms with Crippen LogP contribution in [0.4, 0.5) is 0 Å². The molecule has 0 aliphatic carbocycles. The summed E-state index contributed by atoms with van der Waals surface area (Å²) < 4.78 is 5.40. The molecule has 1 aliphatic heterocycles. The van der Waals surface area contributed by atoms with Crippen molar-refractivity contribution < 1.29 is 14.6 Å².